The summed E-state index contributed by atoms with van der Waals surface area (Å²) in [7, 11) is 0. The molecule has 0 saturated carbocycles. The Balaban J connectivity index is 1.85. The van der Waals surface area contributed by atoms with Crippen LogP contribution >= 0.6 is 0 Å². The minimum absolute atomic E-state index is 0.108. The fourth-order valence-corrected chi connectivity index (χ4v) is 2.74. The standard InChI is InChI=1S/C16H24F2N2O/c1-12(20-8-3-4-9-20)11-19-13(2)14-6-5-7-15(10-14)21-16(17)18/h5-7,10,12-13,16,19H,3-4,8-9,11H2,1-2H3. The minimum atomic E-state index is -2.78. The van der Waals surface area contributed by atoms with Gasteiger partial charge in [-0.05, 0) is 57.5 Å². The number of nitrogens with zero attached hydrogens (tertiary/aromatic N) is 1. The van der Waals surface area contributed by atoms with E-state index in [0.29, 0.717) is 6.04 Å². The van der Waals surface area contributed by atoms with E-state index in [1.54, 1.807) is 18.2 Å². The molecule has 118 valence electrons. The van der Waals surface area contributed by atoms with Crippen LogP contribution in [0.2, 0.25) is 0 Å². The van der Waals surface area contributed by atoms with Crippen LogP contribution in [-0.4, -0.2) is 37.2 Å². The van der Waals surface area contributed by atoms with Gasteiger partial charge in [-0.25, -0.2) is 0 Å². The molecule has 0 bridgehead atoms. The Morgan fingerprint density at radius 1 is 1.24 bits per heavy atom. The second kappa shape index (κ2) is 7.71. The van der Waals surface area contributed by atoms with Crippen LogP contribution in [0.1, 0.15) is 38.3 Å². The second-order valence-electron chi connectivity index (χ2n) is 5.67. The Morgan fingerprint density at radius 3 is 2.62 bits per heavy atom. The molecule has 1 fully saturated rings. The van der Waals surface area contributed by atoms with Crippen molar-refractivity contribution in [1.82, 2.24) is 10.2 Å². The van der Waals surface area contributed by atoms with E-state index < -0.39 is 6.61 Å². The highest BCUT2D eigenvalue weighted by Crippen LogP contribution is 2.21. The number of hydrogen-bond donors (Lipinski definition) is 1. The number of rotatable bonds is 7. The summed E-state index contributed by atoms with van der Waals surface area (Å²) in [4.78, 5) is 2.48. The average molecular weight is 298 g/mol. The predicted octanol–water partition coefficient (Wildman–Crippen LogP) is 3.42. The fraction of sp³-hybridized carbons (Fsp3) is 0.625. The SMILES string of the molecule is CC(NCC(C)N1CCCC1)c1cccc(OC(F)F)c1. The van der Waals surface area contributed by atoms with Gasteiger partial charge in [0.25, 0.3) is 0 Å². The first kappa shape index (κ1) is 16.2. The summed E-state index contributed by atoms with van der Waals surface area (Å²) in [6.07, 6.45) is 2.57. The lowest BCUT2D eigenvalue weighted by atomic mass is 10.1. The lowest BCUT2D eigenvalue weighted by molar-refractivity contribution is -0.0499. The van der Waals surface area contributed by atoms with Gasteiger partial charge in [0.2, 0.25) is 0 Å². The van der Waals surface area contributed by atoms with Crippen molar-refractivity contribution < 1.29 is 13.5 Å². The van der Waals surface area contributed by atoms with Crippen LogP contribution in [0.3, 0.4) is 0 Å². The summed E-state index contributed by atoms with van der Waals surface area (Å²) in [5.74, 6) is 0.212. The normalized spacial score (nSPS) is 18.9. The molecule has 1 aromatic rings. The number of halogens is 2. The monoisotopic (exact) mass is 298 g/mol. The van der Waals surface area contributed by atoms with Crippen molar-refractivity contribution in [2.75, 3.05) is 19.6 Å². The predicted molar refractivity (Wildman–Crippen MR) is 79.8 cm³/mol. The molecule has 0 spiro atoms. The fourth-order valence-electron chi connectivity index (χ4n) is 2.74. The van der Waals surface area contributed by atoms with Gasteiger partial charge in [-0.3, -0.25) is 4.90 Å². The lowest BCUT2D eigenvalue weighted by Crippen LogP contribution is -2.39. The first-order chi connectivity index (χ1) is 10.1. The highest BCUT2D eigenvalue weighted by Gasteiger charge is 2.18. The van der Waals surface area contributed by atoms with Gasteiger partial charge in [0.05, 0.1) is 0 Å². The average Bonchev–Trinajstić information content (AvgIpc) is 2.98. The van der Waals surface area contributed by atoms with Crippen molar-refractivity contribution in [3.05, 3.63) is 29.8 Å². The molecule has 1 aliphatic rings. The van der Waals surface area contributed by atoms with Crippen molar-refractivity contribution in [3.63, 3.8) is 0 Å². The molecule has 0 radical (unpaired) electrons. The molecule has 2 atom stereocenters. The summed E-state index contributed by atoms with van der Waals surface area (Å²) in [6, 6.07) is 7.50. The van der Waals surface area contributed by atoms with Crippen LogP contribution < -0.4 is 10.1 Å². The van der Waals surface area contributed by atoms with E-state index >= 15 is 0 Å². The van der Waals surface area contributed by atoms with E-state index in [-0.39, 0.29) is 11.8 Å². The van der Waals surface area contributed by atoms with Gasteiger partial charge >= 0.3 is 6.61 Å². The molecule has 0 aliphatic carbocycles. The number of nitrogens with one attached hydrogen (secondary N) is 1. The summed E-state index contributed by atoms with van der Waals surface area (Å²) < 4.78 is 28.9. The molecule has 2 rings (SSSR count). The molecule has 1 heterocycles. The maximum Gasteiger partial charge on any atom is 0.387 e. The van der Waals surface area contributed by atoms with Crippen LogP contribution in [0.4, 0.5) is 8.78 Å². The van der Waals surface area contributed by atoms with Gasteiger partial charge in [0.1, 0.15) is 5.75 Å². The highest BCUT2D eigenvalue weighted by molar-refractivity contribution is 5.30. The number of alkyl halides is 2. The zero-order valence-electron chi connectivity index (χ0n) is 12.7. The maximum atomic E-state index is 12.2. The van der Waals surface area contributed by atoms with E-state index in [1.165, 1.54) is 25.9 Å². The first-order valence-electron chi connectivity index (χ1n) is 7.58. The second-order valence-corrected chi connectivity index (χ2v) is 5.67. The molecule has 0 amide bonds. The van der Waals surface area contributed by atoms with Gasteiger partial charge in [-0.2, -0.15) is 8.78 Å². The molecular weight excluding hydrogens is 274 g/mol. The zero-order valence-corrected chi connectivity index (χ0v) is 12.7. The van der Waals surface area contributed by atoms with Crippen molar-refractivity contribution in [2.45, 2.75) is 45.4 Å². The summed E-state index contributed by atoms with van der Waals surface area (Å²) in [5, 5.41) is 3.47. The Kier molecular flexibility index (Phi) is 5.94. The smallest absolute Gasteiger partial charge is 0.387 e. The van der Waals surface area contributed by atoms with Crippen LogP contribution in [-0.2, 0) is 0 Å². The number of hydrogen-bond acceptors (Lipinski definition) is 3. The molecule has 1 aliphatic heterocycles. The third kappa shape index (κ3) is 4.93. The lowest BCUT2D eigenvalue weighted by Gasteiger charge is -2.26. The zero-order chi connectivity index (χ0) is 15.2. The van der Waals surface area contributed by atoms with Crippen LogP contribution in [0.25, 0.3) is 0 Å². The highest BCUT2D eigenvalue weighted by atomic mass is 19.3. The van der Waals surface area contributed by atoms with E-state index in [2.05, 4.69) is 21.9 Å². The first-order valence-corrected chi connectivity index (χ1v) is 7.58. The molecule has 2 unspecified atom stereocenters. The third-order valence-electron chi connectivity index (χ3n) is 4.07. The largest absolute Gasteiger partial charge is 0.435 e. The van der Waals surface area contributed by atoms with Crippen molar-refractivity contribution in [1.29, 1.82) is 0 Å². The van der Waals surface area contributed by atoms with Crippen LogP contribution in [0.5, 0.6) is 5.75 Å². The quantitative estimate of drug-likeness (QED) is 0.835. The molecular formula is C16H24F2N2O. The van der Waals surface area contributed by atoms with Gasteiger partial charge in [-0.15, -0.1) is 0 Å². The number of likely N-dealkylation sites (tertiary alicyclic amines) is 1. The molecule has 3 nitrogen and oxygen atoms in total. The van der Waals surface area contributed by atoms with Crippen molar-refractivity contribution >= 4 is 0 Å². The van der Waals surface area contributed by atoms with Crippen LogP contribution in [0, 0.1) is 0 Å². The molecule has 1 aromatic carbocycles. The topological polar surface area (TPSA) is 24.5 Å². The summed E-state index contributed by atoms with van der Waals surface area (Å²) in [6.45, 7) is 4.73. The van der Waals surface area contributed by atoms with E-state index in [0.717, 1.165) is 12.1 Å². The molecule has 5 heteroatoms. The Bertz CT molecular complexity index is 436. The van der Waals surface area contributed by atoms with E-state index in [9.17, 15) is 8.78 Å². The molecule has 21 heavy (non-hydrogen) atoms. The van der Waals surface area contributed by atoms with Crippen molar-refractivity contribution in [2.24, 2.45) is 0 Å². The van der Waals surface area contributed by atoms with Gasteiger partial charge < -0.3 is 10.1 Å². The minimum Gasteiger partial charge on any atom is -0.435 e. The Morgan fingerprint density at radius 2 is 1.95 bits per heavy atom. The molecule has 1 N–H and O–H groups in total. The maximum absolute atomic E-state index is 12.2. The number of ether oxygens (including phenoxy) is 1. The van der Waals surface area contributed by atoms with Gasteiger partial charge in [0, 0.05) is 18.6 Å². The summed E-state index contributed by atoms with van der Waals surface area (Å²) in [5.41, 5.74) is 0.960. The molecule has 1 saturated heterocycles. The Labute approximate surface area is 125 Å². The Hall–Kier alpha value is -1.20. The summed E-state index contributed by atoms with van der Waals surface area (Å²) >= 11 is 0. The third-order valence-corrected chi connectivity index (χ3v) is 4.07. The van der Waals surface area contributed by atoms with E-state index in [1.807, 2.05) is 13.0 Å². The van der Waals surface area contributed by atoms with E-state index in [4.69, 9.17) is 0 Å². The number of benzene rings is 1. The van der Waals surface area contributed by atoms with Gasteiger partial charge in [-0.1, -0.05) is 12.1 Å². The molecule has 0 aromatic heterocycles. The van der Waals surface area contributed by atoms with Gasteiger partial charge in [0.15, 0.2) is 0 Å². The van der Waals surface area contributed by atoms with Crippen molar-refractivity contribution in [3.8, 4) is 5.75 Å². The van der Waals surface area contributed by atoms with Crippen LogP contribution in [0.15, 0.2) is 24.3 Å².